The molecule has 6 nitrogen and oxygen atoms in total. The van der Waals surface area contributed by atoms with Crippen LogP contribution in [0.2, 0.25) is 0 Å². The van der Waals surface area contributed by atoms with Crippen LogP contribution in [0.3, 0.4) is 0 Å². The maximum Gasteiger partial charge on any atom is 0.274 e. The number of carbonyl (C=O) groups is 1. The summed E-state index contributed by atoms with van der Waals surface area (Å²) in [6.07, 6.45) is 0.793. The van der Waals surface area contributed by atoms with Crippen LogP contribution in [0.15, 0.2) is 12.1 Å². The molecule has 0 heterocycles. The van der Waals surface area contributed by atoms with E-state index in [-0.39, 0.29) is 17.5 Å². The molecule has 1 unspecified atom stereocenters. The SMILES string of the molecule is CCC(C)[C@H](N)C(=O)Nc1cc([N+](=O)[O-])c(C)cc1C. The van der Waals surface area contributed by atoms with Crippen LogP contribution in [0.1, 0.15) is 31.4 Å². The highest BCUT2D eigenvalue weighted by Gasteiger charge is 2.21. The summed E-state index contributed by atoms with van der Waals surface area (Å²) in [5.74, 6) is -0.267. The van der Waals surface area contributed by atoms with Crippen molar-refractivity contribution in [3.63, 3.8) is 0 Å². The van der Waals surface area contributed by atoms with Crippen LogP contribution in [0.5, 0.6) is 0 Å². The molecule has 0 spiro atoms. The maximum absolute atomic E-state index is 12.0. The Bertz CT molecular complexity index is 529. The Kier molecular flexibility index (Phi) is 5.21. The van der Waals surface area contributed by atoms with Crippen molar-refractivity contribution in [3.05, 3.63) is 33.4 Å². The van der Waals surface area contributed by atoms with Gasteiger partial charge < -0.3 is 11.1 Å². The van der Waals surface area contributed by atoms with Gasteiger partial charge in [0.25, 0.3) is 5.69 Å². The van der Waals surface area contributed by atoms with Gasteiger partial charge in [-0.3, -0.25) is 14.9 Å². The van der Waals surface area contributed by atoms with Crippen LogP contribution in [-0.4, -0.2) is 16.9 Å². The highest BCUT2D eigenvalue weighted by molar-refractivity contribution is 5.95. The van der Waals surface area contributed by atoms with Gasteiger partial charge in [0.2, 0.25) is 5.91 Å². The van der Waals surface area contributed by atoms with Gasteiger partial charge in [0.05, 0.1) is 16.7 Å². The van der Waals surface area contributed by atoms with Crippen LogP contribution in [0.25, 0.3) is 0 Å². The minimum Gasteiger partial charge on any atom is -0.324 e. The van der Waals surface area contributed by atoms with E-state index in [0.29, 0.717) is 11.3 Å². The Morgan fingerprint density at radius 2 is 2.00 bits per heavy atom. The Balaban J connectivity index is 3.01. The lowest BCUT2D eigenvalue weighted by molar-refractivity contribution is -0.385. The summed E-state index contributed by atoms with van der Waals surface area (Å²) < 4.78 is 0. The number of rotatable bonds is 5. The fraction of sp³-hybridized carbons (Fsp3) is 0.500. The second-order valence-corrected chi connectivity index (χ2v) is 5.11. The molecule has 6 heteroatoms. The summed E-state index contributed by atoms with van der Waals surface area (Å²) in [6.45, 7) is 7.32. The van der Waals surface area contributed by atoms with E-state index in [4.69, 9.17) is 5.73 Å². The van der Waals surface area contributed by atoms with E-state index in [1.807, 2.05) is 13.8 Å². The Morgan fingerprint density at radius 3 is 2.50 bits per heavy atom. The predicted molar refractivity (Wildman–Crippen MR) is 78.6 cm³/mol. The van der Waals surface area contributed by atoms with E-state index in [0.717, 1.165) is 12.0 Å². The number of hydrogen-bond donors (Lipinski definition) is 2. The van der Waals surface area contributed by atoms with Crippen LogP contribution >= 0.6 is 0 Å². The molecule has 0 aliphatic carbocycles. The average molecular weight is 279 g/mol. The molecular weight excluding hydrogens is 258 g/mol. The first-order valence-electron chi connectivity index (χ1n) is 6.60. The smallest absolute Gasteiger partial charge is 0.274 e. The lowest BCUT2D eigenvalue weighted by Gasteiger charge is -2.18. The van der Waals surface area contributed by atoms with Crippen molar-refractivity contribution in [2.45, 2.75) is 40.2 Å². The highest BCUT2D eigenvalue weighted by Crippen LogP contribution is 2.26. The number of nitro groups is 1. The predicted octanol–water partition coefficient (Wildman–Crippen LogP) is 2.52. The van der Waals surface area contributed by atoms with Gasteiger partial charge in [-0.25, -0.2) is 0 Å². The standard InChI is InChI=1S/C14H21N3O3/c1-5-8(2)13(15)14(18)16-11-7-12(17(19)20)10(4)6-9(11)3/h6-8,13H,5,15H2,1-4H3,(H,16,18)/t8?,13-/m0/s1. The lowest BCUT2D eigenvalue weighted by Crippen LogP contribution is -2.40. The first-order valence-corrected chi connectivity index (χ1v) is 6.60. The molecule has 1 aromatic carbocycles. The number of anilines is 1. The molecular formula is C14H21N3O3. The van der Waals surface area contributed by atoms with E-state index < -0.39 is 11.0 Å². The number of nitrogens with zero attached hydrogens (tertiary/aromatic N) is 1. The van der Waals surface area contributed by atoms with Crippen molar-refractivity contribution in [3.8, 4) is 0 Å². The molecule has 0 saturated carbocycles. The van der Waals surface area contributed by atoms with Crippen molar-refractivity contribution in [1.82, 2.24) is 0 Å². The van der Waals surface area contributed by atoms with E-state index in [2.05, 4.69) is 5.32 Å². The number of nitrogens with two attached hydrogens (primary N) is 1. The van der Waals surface area contributed by atoms with E-state index in [1.165, 1.54) is 6.07 Å². The van der Waals surface area contributed by atoms with Gasteiger partial charge in [-0.15, -0.1) is 0 Å². The third kappa shape index (κ3) is 3.54. The van der Waals surface area contributed by atoms with Gasteiger partial charge in [-0.05, 0) is 31.4 Å². The molecule has 110 valence electrons. The summed E-state index contributed by atoms with van der Waals surface area (Å²) >= 11 is 0. The number of aryl methyl sites for hydroxylation is 2. The lowest BCUT2D eigenvalue weighted by atomic mass is 9.99. The quantitative estimate of drug-likeness (QED) is 0.639. The summed E-state index contributed by atoms with van der Waals surface area (Å²) in [4.78, 5) is 22.5. The first kappa shape index (κ1) is 16.1. The van der Waals surface area contributed by atoms with Crippen LogP contribution in [0, 0.1) is 29.9 Å². The Labute approximate surface area is 118 Å². The van der Waals surface area contributed by atoms with Crippen molar-refractivity contribution in [2.75, 3.05) is 5.32 Å². The van der Waals surface area contributed by atoms with Gasteiger partial charge >= 0.3 is 0 Å². The van der Waals surface area contributed by atoms with E-state index in [9.17, 15) is 14.9 Å². The third-order valence-corrected chi connectivity index (χ3v) is 3.56. The monoisotopic (exact) mass is 279 g/mol. The zero-order valence-corrected chi connectivity index (χ0v) is 12.3. The number of benzene rings is 1. The molecule has 1 aromatic rings. The van der Waals surface area contributed by atoms with Gasteiger partial charge in [-0.2, -0.15) is 0 Å². The van der Waals surface area contributed by atoms with Crippen LogP contribution < -0.4 is 11.1 Å². The van der Waals surface area contributed by atoms with E-state index >= 15 is 0 Å². The molecule has 2 atom stereocenters. The highest BCUT2D eigenvalue weighted by atomic mass is 16.6. The fourth-order valence-corrected chi connectivity index (χ4v) is 1.90. The number of nitrogens with one attached hydrogen (secondary N) is 1. The topological polar surface area (TPSA) is 98.3 Å². The number of amides is 1. The van der Waals surface area contributed by atoms with Crippen molar-refractivity contribution < 1.29 is 9.72 Å². The summed E-state index contributed by atoms with van der Waals surface area (Å²) in [7, 11) is 0. The minimum atomic E-state index is -0.625. The molecule has 1 amide bonds. The minimum absolute atomic E-state index is 0.0111. The van der Waals surface area contributed by atoms with Crippen LogP contribution in [-0.2, 0) is 4.79 Å². The van der Waals surface area contributed by atoms with E-state index in [1.54, 1.807) is 19.9 Å². The third-order valence-electron chi connectivity index (χ3n) is 3.56. The molecule has 1 rings (SSSR count). The number of nitro benzene ring substituents is 1. The molecule has 0 aliphatic heterocycles. The molecule has 0 aromatic heterocycles. The maximum atomic E-state index is 12.0. The van der Waals surface area contributed by atoms with Gasteiger partial charge in [0, 0.05) is 11.6 Å². The summed E-state index contributed by atoms with van der Waals surface area (Å²) in [5.41, 5.74) is 7.62. The zero-order chi connectivity index (χ0) is 15.4. The normalized spacial score (nSPS) is 13.7. The fourth-order valence-electron chi connectivity index (χ4n) is 1.90. The second-order valence-electron chi connectivity index (χ2n) is 5.11. The van der Waals surface area contributed by atoms with Gasteiger partial charge in [0.15, 0.2) is 0 Å². The van der Waals surface area contributed by atoms with Crippen molar-refractivity contribution in [2.24, 2.45) is 11.7 Å². The van der Waals surface area contributed by atoms with Crippen LogP contribution in [0.4, 0.5) is 11.4 Å². The zero-order valence-electron chi connectivity index (χ0n) is 12.3. The van der Waals surface area contributed by atoms with Crippen molar-refractivity contribution >= 4 is 17.3 Å². The molecule has 0 radical (unpaired) electrons. The molecule has 0 bridgehead atoms. The Hall–Kier alpha value is -1.95. The van der Waals surface area contributed by atoms with Crippen molar-refractivity contribution in [1.29, 1.82) is 0 Å². The van der Waals surface area contributed by atoms with Gasteiger partial charge in [-0.1, -0.05) is 20.3 Å². The first-order chi connectivity index (χ1) is 9.27. The second kappa shape index (κ2) is 6.47. The summed E-state index contributed by atoms with van der Waals surface area (Å²) in [6, 6.07) is 2.44. The molecule has 0 fully saturated rings. The largest absolute Gasteiger partial charge is 0.324 e. The molecule has 3 N–H and O–H groups in total. The average Bonchev–Trinajstić information content (AvgIpc) is 2.39. The molecule has 0 saturated heterocycles. The number of carbonyl (C=O) groups excluding carboxylic acids is 1. The molecule has 20 heavy (non-hydrogen) atoms. The Morgan fingerprint density at radius 1 is 1.40 bits per heavy atom. The summed E-state index contributed by atoms with van der Waals surface area (Å²) in [5, 5.41) is 13.6. The molecule has 0 aliphatic rings. The number of hydrogen-bond acceptors (Lipinski definition) is 4. The van der Waals surface area contributed by atoms with Gasteiger partial charge in [0.1, 0.15) is 0 Å².